The van der Waals surface area contributed by atoms with Crippen LogP contribution in [0.25, 0.3) is 5.76 Å². The molecule has 0 spiro atoms. The minimum absolute atomic E-state index is 0.257. The van der Waals surface area contributed by atoms with E-state index >= 15 is 0 Å². The first kappa shape index (κ1) is 11.4. The quantitative estimate of drug-likeness (QED) is 0.578. The van der Waals surface area contributed by atoms with Gasteiger partial charge < -0.3 is 9.47 Å². The predicted molar refractivity (Wildman–Crippen MR) is 61.2 cm³/mol. The van der Waals surface area contributed by atoms with Crippen molar-refractivity contribution in [1.29, 1.82) is 0 Å². The van der Waals surface area contributed by atoms with E-state index in [1.165, 1.54) is 6.08 Å². The Bertz CT molecular complexity index is 514. The van der Waals surface area contributed by atoms with E-state index < -0.39 is 11.9 Å². The first-order valence-electron chi connectivity index (χ1n) is 5.34. The molecule has 0 atom stereocenters. The largest absolute Gasteiger partial charge is 0.463 e. The Morgan fingerprint density at radius 1 is 1.47 bits per heavy atom. The Balaban J connectivity index is 2.41. The van der Waals surface area contributed by atoms with Crippen molar-refractivity contribution < 1.29 is 19.1 Å². The molecule has 1 aromatic carbocycles. The van der Waals surface area contributed by atoms with Gasteiger partial charge in [-0.15, -0.1) is 0 Å². The summed E-state index contributed by atoms with van der Waals surface area (Å²) >= 11 is 0. The molecule has 0 radical (unpaired) electrons. The first-order chi connectivity index (χ1) is 8.13. The van der Waals surface area contributed by atoms with Gasteiger partial charge >= 0.3 is 11.9 Å². The number of benzene rings is 1. The summed E-state index contributed by atoms with van der Waals surface area (Å²) in [6, 6.07) is 5.39. The van der Waals surface area contributed by atoms with Crippen molar-refractivity contribution >= 4 is 17.7 Å². The number of carbonyl (C=O) groups is 2. The lowest BCUT2D eigenvalue weighted by Gasteiger charge is -1.99. The first-order valence-corrected chi connectivity index (χ1v) is 5.34. The predicted octanol–water partition coefficient (Wildman–Crippen LogP) is 2.07. The third kappa shape index (κ3) is 2.06. The van der Waals surface area contributed by atoms with Gasteiger partial charge in [0.2, 0.25) is 0 Å². The van der Waals surface area contributed by atoms with Crippen LogP contribution in [0.3, 0.4) is 0 Å². The van der Waals surface area contributed by atoms with E-state index in [1.54, 1.807) is 13.0 Å². The number of cyclic esters (lactones) is 1. The fraction of sp³-hybridized carbons (Fsp3) is 0.231. The summed E-state index contributed by atoms with van der Waals surface area (Å²) in [5.41, 5.74) is 1.99. The highest BCUT2D eigenvalue weighted by molar-refractivity contribution is 6.06. The summed E-state index contributed by atoms with van der Waals surface area (Å²) in [4.78, 5) is 22.9. The zero-order valence-electron chi connectivity index (χ0n) is 9.65. The summed E-state index contributed by atoms with van der Waals surface area (Å²) in [7, 11) is 0. The highest BCUT2D eigenvalue weighted by atomic mass is 16.6. The van der Waals surface area contributed by atoms with Gasteiger partial charge in [-0.1, -0.05) is 18.2 Å². The van der Waals surface area contributed by atoms with E-state index in [4.69, 9.17) is 9.47 Å². The number of ether oxygens (including phenoxy) is 2. The number of carbonyl (C=O) groups excluding carboxylic acids is 2. The molecule has 0 amide bonds. The van der Waals surface area contributed by atoms with E-state index in [0.29, 0.717) is 11.1 Å². The van der Waals surface area contributed by atoms with E-state index in [9.17, 15) is 9.59 Å². The molecule has 4 heteroatoms. The molecule has 17 heavy (non-hydrogen) atoms. The molecule has 0 aromatic heterocycles. The number of aryl methyl sites for hydroxylation is 1. The lowest BCUT2D eigenvalue weighted by molar-refractivity contribution is -0.137. The zero-order chi connectivity index (χ0) is 12.4. The number of fused-ring (bicyclic) bond motifs is 1. The summed E-state index contributed by atoms with van der Waals surface area (Å²) in [5.74, 6) is -0.676. The molecule has 1 heterocycles. The van der Waals surface area contributed by atoms with Crippen molar-refractivity contribution in [2.24, 2.45) is 0 Å². The molecule has 2 rings (SSSR count). The van der Waals surface area contributed by atoms with Crippen LogP contribution in [-0.4, -0.2) is 18.5 Å². The average Bonchev–Trinajstić information content (AvgIpc) is 2.57. The van der Waals surface area contributed by atoms with Crippen LogP contribution in [0.1, 0.15) is 28.4 Å². The topological polar surface area (TPSA) is 52.6 Å². The summed E-state index contributed by atoms with van der Waals surface area (Å²) in [6.07, 6.45) is 1.20. The lowest BCUT2D eigenvalue weighted by atomic mass is 10.0. The Morgan fingerprint density at radius 3 is 2.94 bits per heavy atom. The van der Waals surface area contributed by atoms with Crippen LogP contribution < -0.4 is 0 Å². The van der Waals surface area contributed by atoms with Crippen molar-refractivity contribution in [2.75, 3.05) is 6.61 Å². The number of rotatable bonds is 2. The third-order valence-corrected chi connectivity index (χ3v) is 2.48. The Labute approximate surface area is 98.8 Å². The SMILES string of the molecule is CCOC(=O)/C=C1\OC(=O)c2c(C)cccc21. The van der Waals surface area contributed by atoms with Crippen LogP contribution in [0.5, 0.6) is 0 Å². The molecule has 0 saturated carbocycles. The molecule has 4 nitrogen and oxygen atoms in total. The highest BCUT2D eigenvalue weighted by Crippen LogP contribution is 2.31. The van der Waals surface area contributed by atoms with Gasteiger partial charge in [0.15, 0.2) is 0 Å². The molecule has 0 unspecified atom stereocenters. The van der Waals surface area contributed by atoms with Gasteiger partial charge in [0.05, 0.1) is 18.2 Å². The molecule has 0 fully saturated rings. The van der Waals surface area contributed by atoms with E-state index in [-0.39, 0.29) is 12.4 Å². The van der Waals surface area contributed by atoms with Gasteiger partial charge in [0.25, 0.3) is 0 Å². The molecule has 0 saturated heterocycles. The van der Waals surface area contributed by atoms with Gasteiger partial charge in [-0.3, -0.25) is 0 Å². The maximum atomic E-state index is 11.6. The standard InChI is InChI=1S/C13H12O4/c1-3-16-11(14)7-10-9-6-4-5-8(2)12(9)13(15)17-10/h4-7H,3H2,1-2H3/b10-7-. The maximum absolute atomic E-state index is 11.6. The Morgan fingerprint density at radius 2 is 2.24 bits per heavy atom. The van der Waals surface area contributed by atoms with Crippen molar-refractivity contribution in [1.82, 2.24) is 0 Å². The number of hydrogen-bond donors (Lipinski definition) is 0. The normalized spacial score (nSPS) is 15.6. The third-order valence-electron chi connectivity index (χ3n) is 2.48. The van der Waals surface area contributed by atoms with Crippen LogP contribution in [0.2, 0.25) is 0 Å². The Kier molecular flexibility index (Phi) is 2.95. The van der Waals surface area contributed by atoms with Crippen LogP contribution in [0.15, 0.2) is 24.3 Å². The van der Waals surface area contributed by atoms with E-state index in [0.717, 1.165) is 5.56 Å². The molecule has 1 aliphatic heterocycles. The number of esters is 2. The summed E-state index contributed by atoms with van der Waals surface area (Å²) in [6.45, 7) is 3.83. The summed E-state index contributed by atoms with van der Waals surface area (Å²) in [5, 5.41) is 0. The minimum Gasteiger partial charge on any atom is -0.463 e. The van der Waals surface area contributed by atoms with Crippen molar-refractivity contribution in [3.63, 3.8) is 0 Å². The zero-order valence-corrected chi connectivity index (χ0v) is 9.65. The number of hydrogen-bond acceptors (Lipinski definition) is 4. The summed E-state index contributed by atoms with van der Waals surface area (Å²) < 4.78 is 9.83. The van der Waals surface area contributed by atoms with Gasteiger partial charge in [0, 0.05) is 5.56 Å². The average molecular weight is 232 g/mol. The van der Waals surface area contributed by atoms with Crippen LogP contribution in [-0.2, 0) is 14.3 Å². The lowest BCUT2D eigenvalue weighted by Crippen LogP contribution is -2.01. The van der Waals surface area contributed by atoms with Gasteiger partial charge in [-0.05, 0) is 19.4 Å². The van der Waals surface area contributed by atoms with Crippen LogP contribution in [0, 0.1) is 6.92 Å². The molecule has 0 bridgehead atoms. The van der Waals surface area contributed by atoms with Gasteiger partial charge in [-0.25, -0.2) is 9.59 Å². The minimum atomic E-state index is -0.510. The molecule has 0 N–H and O–H groups in total. The monoisotopic (exact) mass is 232 g/mol. The maximum Gasteiger partial charge on any atom is 0.344 e. The fourth-order valence-corrected chi connectivity index (χ4v) is 1.75. The van der Waals surface area contributed by atoms with E-state index in [2.05, 4.69) is 0 Å². The van der Waals surface area contributed by atoms with Crippen molar-refractivity contribution in [3.05, 3.63) is 41.0 Å². The van der Waals surface area contributed by atoms with Gasteiger partial charge in [-0.2, -0.15) is 0 Å². The molecule has 0 aliphatic carbocycles. The van der Waals surface area contributed by atoms with Crippen molar-refractivity contribution in [2.45, 2.75) is 13.8 Å². The van der Waals surface area contributed by atoms with E-state index in [1.807, 2.05) is 19.1 Å². The molecule has 88 valence electrons. The molecular weight excluding hydrogens is 220 g/mol. The smallest absolute Gasteiger partial charge is 0.344 e. The van der Waals surface area contributed by atoms with Crippen molar-refractivity contribution in [3.8, 4) is 0 Å². The molecule has 1 aromatic rings. The second kappa shape index (κ2) is 4.41. The second-order valence-electron chi connectivity index (χ2n) is 3.65. The Hall–Kier alpha value is -2.10. The van der Waals surface area contributed by atoms with Gasteiger partial charge in [0.1, 0.15) is 5.76 Å². The highest BCUT2D eigenvalue weighted by Gasteiger charge is 2.28. The second-order valence-corrected chi connectivity index (χ2v) is 3.65. The van der Waals surface area contributed by atoms with Crippen LogP contribution in [0.4, 0.5) is 0 Å². The fourth-order valence-electron chi connectivity index (χ4n) is 1.75. The molecular formula is C13H12O4. The van der Waals surface area contributed by atoms with Crippen LogP contribution >= 0.6 is 0 Å². The molecule has 1 aliphatic rings.